The second-order valence-corrected chi connectivity index (χ2v) is 5.91. The third kappa shape index (κ3) is 5.64. The van der Waals surface area contributed by atoms with Gasteiger partial charge in [0.1, 0.15) is 0 Å². The molecular formula is C20H24N2O3. The van der Waals surface area contributed by atoms with Gasteiger partial charge in [-0.2, -0.15) is 0 Å². The number of rotatable bonds is 7. The van der Waals surface area contributed by atoms with Crippen molar-refractivity contribution < 1.29 is 14.3 Å². The molecule has 0 spiro atoms. The highest BCUT2D eigenvalue weighted by Gasteiger charge is 2.07. The predicted molar refractivity (Wildman–Crippen MR) is 100 cm³/mol. The third-order valence-corrected chi connectivity index (χ3v) is 3.80. The minimum Gasteiger partial charge on any atom is -0.462 e. The number of hydrogen-bond donors (Lipinski definition) is 2. The van der Waals surface area contributed by atoms with Crippen LogP contribution in [0.4, 0.5) is 11.4 Å². The van der Waals surface area contributed by atoms with Crippen LogP contribution in [0.15, 0.2) is 42.5 Å². The van der Waals surface area contributed by atoms with E-state index in [4.69, 9.17) is 4.74 Å². The minimum absolute atomic E-state index is 0.130. The largest absolute Gasteiger partial charge is 0.462 e. The molecule has 1 amide bonds. The van der Waals surface area contributed by atoms with Crippen molar-refractivity contribution in [2.75, 3.05) is 23.8 Å². The molecule has 0 atom stereocenters. The van der Waals surface area contributed by atoms with Crippen molar-refractivity contribution in [3.63, 3.8) is 0 Å². The zero-order valence-electron chi connectivity index (χ0n) is 14.9. The second-order valence-electron chi connectivity index (χ2n) is 5.91. The van der Waals surface area contributed by atoms with Gasteiger partial charge in [-0.15, -0.1) is 0 Å². The molecule has 5 nitrogen and oxygen atoms in total. The molecule has 0 aliphatic rings. The molecule has 2 aromatic rings. The van der Waals surface area contributed by atoms with E-state index in [1.807, 2.05) is 39.0 Å². The first-order chi connectivity index (χ1) is 12.0. The Hall–Kier alpha value is -2.82. The molecule has 5 heteroatoms. The number of esters is 1. The molecule has 0 bridgehead atoms. The highest BCUT2D eigenvalue weighted by atomic mass is 16.5. The minimum atomic E-state index is -0.333. The van der Waals surface area contributed by atoms with Gasteiger partial charge in [-0.25, -0.2) is 4.79 Å². The number of ether oxygens (including phenoxy) is 1. The van der Waals surface area contributed by atoms with E-state index in [0.29, 0.717) is 12.2 Å². The summed E-state index contributed by atoms with van der Waals surface area (Å²) >= 11 is 0. The van der Waals surface area contributed by atoms with Crippen molar-refractivity contribution >= 4 is 23.3 Å². The van der Waals surface area contributed by atoms with Crippen LogP contribution >= 0.6 is 0 Å². The van der Waals surface area contributed by atoms with E-state index in [-0.39, 0.29) is 18.4 Å². The number of carbonyl (C=O) groups excluding carboxylic acids is 2. The summed E-state index contributed by atoms with van der Waals surface area (Å²) in [6.07, 6.45) is 0.793. The van der Waals surface area contributed by atoms with Gasteiger partial charge in [0, 0.05) is 11.4 Å². The first-order valence-corrected chi connectivity index (χ1v) is 8.37. The average molecular weight is 340 g/mol. The molecule has 0 unspecified atom stereocenters. The Morgan fingerprint density at radius 2 is 1.64 bits per heavy atom. The SMILES string of the molecule is CCCOC(=O)c1ccc(NCC(=O)Nc2ccc(C)c(C)c2)cc1. The van der Waals surface area contributed by atoms with E-state index in [9.17, 15) is 9.59 Å². The van der Waals surface area contributed by atoms with Crippen LogP contribution in [0.1, 0.15) is 34.8 Å². The lowest BCUT2D eigenvalue weighted by Gasteiger charge is -2.10. The molecule has 0 heterocycles. The zero-order chi connectivity index (χ0) is 18.2. The van der Waals surface area contributed by atoms with Gasteiger partial charge in [0.15, 0.2) is 0 Å². The van der Waals surface area contributed by atoms with Gasteiger partial charge in [-0.05, 0) is 67.8 Å². The topological polar surface area (TPSA) is 67.4 Å². The standard InChI is InChI=1S/C20H24N2O3/c1-4-11-25-20(24)16-6-9-17(10-7-16)21-13-19(23)22-18-8-5-14(2)15(3)12-18/h5-10,12,21H,4,11,13H2,1-3H3,(H,22,23). The number of benzene rings is 2. The lowest BCUT2D eigenvalue weighted by atomic mass is 10.1. The fourth-order valence-electron chi connectivity index (χ4n) is 2.21. The van der Waals surface area contributed by atoms with Gasteiger partial charge in [-0.3, -0.25) is 4.79 Å². The Balaban J connectivity index is 1.85. The maximum atomic E-state index is 12.0. The van der Waals surface area contributed by atoms with Crippen molar-refractivity contribution in [3.8, 4) is 0 Å². The smallest absolute Gasteiger partial charge is 0.338 e. The summed E-state index contributed by atoms with van der Waals surface area (Å²) in [5, 5.41) is 5.89. The fourth-order valence-corrected chi connectivity index (χ4v) is 2.21. The third-order valence-electron chi connectivity index (χ3n) is 3.80. The van der Waals surface area contributed by atoms with Crippen molar-refractivity contribution in [3.05, 3.63) is 59.2 Å². The average Bonchev–Trinajstić information content (AvgIpc) is 2.61. The summed E-state index contributed by atoms with van der Waals surface area (Å²) in [7, 11) is 0. The highest BCUT2D eigenvalue weighted by Crippen LogP contribution is 2.14. The first-order valence-electron chi connectivity index (χ1n) is 8.37. The van der Waals surface area contributed by atoms with Crippen LogP contribution in [0.2, 0.25) is 0 Å². The monoisotopic (exact) mass is 340 g/mol. The molecule has 0 aliphatic heterocycles. The molecule has 0 saturated heterocycles. The summed E-state index contributed by atoms with van der Waals surface area (Å²) in [5.74, 6) is -0.462. The van der Waals surface area contributed by atoms with E-state index in [1.54, 1.807) is 24.3 Å². The van der Waals surface area contributed by atoms with Gasteiger partial charge in [0.2, 0.25) is 5.91 Å². The van der Waals surface area contributed by atoms with Gasteiger partial charge in [0.25, 0.3) is 0 Å². The van der Waals surface area contributed by atoms with Crippen LogP contribution in [-0.4, -0.2) is 25.0 Å². The molecule has 0 aromatic heterocycles. The number of hydrogen-bond acceptors (Lipinski definition) is 4. The van der Waals surface area contributed by atoms with Crippen LogP contribution in [-0.2, 0) is 9.53 Å². The molecule has 2 N–H and O–H groups in total. The van der Waals surface area contributed by atoms with Gasteiger partial charge in [0.05, 0.1) is 18.7 Å². The molecule has 0 aliphatic carbocycles. The molecule has 132 valence electrons. The Labute approximate surface area is 148 Å². The highest BCUT2D eigenvalue weighted by molar-refractivity contribution is 5.94. The van der Waals surface area contributed by atoms with Crippen molar-refractivity contribution in [2.45, 2.75) is 27.2 Å². The number of aryl methyl sites for hydroxylation is 2. The number of amides is 1. The quantitative estimate of drug-likeness (QED) is 0.750. The van der Waals surface area contributed by atoms with Gasteiger partial charge >= 0.3 is 5.97 Å². The van der Waals surface area contributed by atoms with E-state index >= 15 is 0 Å². The number of nitrogens with one attached hydrogen (secondary N) is 2. The summed E-state index contributed by atoms with van der Waals surface area (Å²) in [6.45, 7) is 6.55. The molecule has 25 heavy (non-hydrogen) atoms. The maximum Gasteiger partial charge on any atom is 0.338 e. The van der Waals surface area contributed by atoms with Crippen molar-refractivity contribution in [1.29, 1.82) is 0 Å². The van der Waals surface area contributed by atoms with Gasteiger partial charge < -0.3 is 15.4 Å². The summed E-state index contributed by atoms with van der Waals surface area (Å²) < 4.78 is 5.08. The Morgan fingerprint density at radius 1 is 0.960 bits per heavy atom. The second kappa shape index (κ2) is 8.87. The molecule has 0 saturated carbocycles. The number of anilines is 2. The fraction of sp³-hybridized carbons (Fsp3) is 0.300. The molecule has 2 aromatic carbocycles. The molecule has 0 fully saturated rings. The summed E-state index contributed by atoms with van der Waals surface area (Å²) in [5.41, 5.74) is 4.37. The lowest BCUT2D eigenvalue weighted by Crippen LogP contribution is -2.21. The van der Waals surface area contributed by atoms with Crippen LogP contribution < -0.4 is 10.6 Å². The normalized spacial score (nSPS) is 10.2. The van der Waals surface area contributed by atoms with Crippen molar-refractivity contribution in [1.82, 2.24) is 0 Å². The van der Waals surface area contributed by atoms with Crippen molar-refractivity contribution in [2.24, 2.45) is 0 Å². The van der Waals surface area contributed by atoms with Gasteiger partial charge in [-0.1, -0.05) is 13.0 Å². The van der Waals surface area contributed by atoms with E-state index < -0.39 is 0 Å². The van der Waals surface area contributed by atoms with Crippen LogP contribution in [0.25, 0.3) is 0 Å². The summed E-state index contributed by atoms with van der Waals surface area (Å²) in [6, 6.07) is 12.7. The molecule has 0 radical (unpaired) electrons. The van der Waals surface area contributed by atoms with E-state index in [0.717, 1.165) is 23.4 Å². The van der Waals surface area contributed by atoms with E-state index in [1.165, 1.54) is 5.56 Å². The Kier molecular flexibility index (Phi) is 6.57. The molecule has 2 rings (SSSR count). The molecular weight excluding hydrogens is 316 g/mol. The first kappa shape index (κ1) is 18.5. The Morgan fingerprint density at radius 3 is 2.28 bits per heavy atom. The summed E-state index contributed by atoms with van der Waals surface area (Å²) in [4.78, 5) is 23.8. The number of carbonyl (C=O) groups is 2. The van der Waals surface area contributed by atoms with Crippen LogP contribution in [0.5, 0.6) is 0 Å². The Bertz CT molecular complexity index is 739. The van der Waals surface area contributed by atoms with Crippen LogP contribution in [0.3, 0.4) is 0 Å². The lowest BCUT2D eigenvalue weighted by molar-refractivity contribution is -0.114. The zero-order valence-corrected chi connectivity index (χ0v) is 14.9. The van der Waals surface area contributed by atoms with E-state index in [2.05, 4.69) is 10.6 Å². The predicted octanol–water partition coefficient (Wildman–Crippen LogP) is 3.92. The maximum absolute atomic E-state index is 12.0. The van der Waals surface area contributed by atoms with Crippen LogP contribution in [0, 0.1) is 13.8 Å².